The van der Waals surface area contributed by atoms with Gasteiger partial charge in [-0.3, -0.25) is 4.79 Å². The molecule has 112 valence electrons. The molecule has 0 aromatic heterocycles. The van der Waals surface area contributed by atoms with Gasteiger partial charge in [0.2, 0.25) is 5.91 Å². The number of rotatable bonds is 8. The molecular formula is C16H26N2O2. The fourth-order valence-electron chi connectivity index (χ4n) is 2.43. The number of carbonyl (C=O) groups excluding carboxylic acids is 1. The molecule has 1 aromatic rings. The van der Waals surface area contributed by atoms with Crippen molar-refractivity contribution in [3.63, 3.8) is 0 Å². The van der Waals surface area contributed by atoms with Crippen LogP contribution in [0, 0.1) is 0 Å². The van der Waals surface area contributed by atoms with E-state index in [0.29, 0.717) is 19.4 Å². The highest BCUT2D eigenvalue weighted by atomic mass is 16.3. The zero-order valence-corrected chi connectivity index (χ0v) is 12.5. The molecule has 20 heavy (non-hydrogen) atoms. The highest BCUT2D eigenvalue weighted by molar-refractivity contribution is 5.76. The predicted octanol–water partition coefficient (Wildman–Crippen LogP) is 2.21. The Kier molecular flexibility index (Phi) is 7.09. The lowest BCUT2D eigenvalue weighted by molar-refractivity contribution is -0.134. The molecule has 0 aliphatic rings. The molecule has 1 rings (SSSR count). The quantitative estimate of drug-likeness (QED) is 0.716. The molecule has 0 heterocycles. The van der Waals surface area contributed by atoms with Gasteiger partial charge in [-0.05, 0) is 37.0 Å². The normalized spacial score (nSPS) is 10.8. The second kappa shape index (κ2) is 8.59. The van der Waals surface area contributed by atoms with Gasteiger partial charge in [0, 0.05) is 24.7 Å². The van der Waals surface area contributed by atoms with Crippen molar-refractivity contribution in [2.75, 3.05) is 18.9 Å². The Hall–Kier alpha value is -1.55. The molecule has 1 aromatic carbocycles. The molecule has 0 aliphatic heterocycles. The Morgan fingerprint density at radius 2 is 1.85 bits per heavy atom. The monoisotopic (exact) mass is 278 g/mol. The summed E-state index contributed by atoms with van der Waals surface area (Å²) in [7, 11) is 0. The molecule has 0 fully saturated rings. The Balaban J connectivity index is 2.59. The van der Waals surface area contributed by atoms with Crippen LogP contribution < -0.4 is 5.73 Å². The second-order valence-corrected chi connectivity index (χ2v) is 5.02. The van der Waals surface area contributed by atoms with Gasteiger partial charge in [0.15, 0.2) is 0 Å². The van der Waals surface area contributed by atoms with E-state index in [9.17, 15) is 4.79 Å². The molecule has 0 aliphatic carbocycles. The van der Waals surface area contributed by atoms with E-state index in [4.69, 9.17) is 10.8 Å². The highest BCUT2D eigenvalue weighted by Gasteiger charge is 2.20. The maximum atomic E-state index is 12.3. The van der Waals surface area contributed by atoms with Crippen molar-refractivity contribution < 1.29 is 9.90 Å². The second-order valence-electron chi connectivity index (χ2n) is 5.02. The largest absolute Gasteiger partial charge is 0.399 e. The Morgan fingerprint density at radius 3 is 2.35 bits per heavy atom. The first-order valence-corrected chi connectivity index (χ1v) is 7.37. The standard InChI is InChI=1S/C16H26N2O2/c1-3-15(4-2)18(11-12-19)16(20)10-7-13-5-8-14(17)9-6-13/h5-6,8-9,15,19H,3-4,7,10-12,17H2,1-2H3. The lowest BCUT2D eigenvalue weighted by Crippen LogP contribution is -2.41. The van der Waals surface area contributed by atoms with Crippen molar-refractivity contribution in [1.82, 2.24) is 4.90 Å². The SMILES string of the molecule is CCC(CC)N(CCO)C(=O)CCc1ccc(N)cc1. The first kappa shape index (κ1) is 16.5. The van der Waals surface area contributed by atoms with Crippen molar-refractivity contribution in [2.45, 2.75) is 45.6 Å². The molecule has 0 bridgehead atoms. The van der Waals surface area contributed by atoms with Crippen LogP contribution in [0.25, 0.3) is 0 Å². The third-order valence-corrected chi connectivity index (χ3v) is 3.65. The summed E-state index contributed by atoms with van der Waals surface area (Å²) in [6.45, 7) is 4.59. The molecule has 1 amide bonds. The van der Waals surface area contributed by atoms with Gasteiger partial charge in [-0.2, -0.15) is 0 Å². The van der Waals surface area contributed by atoms with Crippen molar-refractivity contribution in [1.29, 1.82) is 0 Å². The van der Waals surface area contributed by atoms with Gasteiger partial charge in [0.05, 0.1) is 6.61 Å². The van der Waals surface area contributed by atoms with E-state index in [1.165, 1.54) is 0 Å². The molecule has 0 saturated heterocycles. The Bertz CT molecular complexity index is 399. The van der Waals surface area contributed by atoms with Crippen molar-refractivity contribution >= 4 is 11.6 Å². The number of carbonyl (C=O) groups is 1. The molecule has 4 nitrogen and oxygen atoms in total. The molecule has 3 N–H and O–H groups in total. The lowest BCUT2D eigenvalue weighted by atomic mass is 10.1. The van der Waals surface area contributed by atoms with Gasteiger partial charge in [-0.25, -0.2) is 0 Å². The van der Waals surface area contributed by atoms with Crippen LogP contribution in [-0.4, -0.2) is 35.1 Å². The molecule has 0 radical (unpaired) electrons. The Morgan fingerprint density at radius 1 is 1.25 bits per heavy atom. The number of hydrogen-bond acceptors (Lipinski definition) is 3. The molecule has 0 atom stereocenters. The van der Waals surface area contributed by atoms with Gasteiger partial charge in [-0.1, -0.05) is 26.0 Å². The average Bonchev–Trinajstić information content (AvgIpc) is 2.46. The minimum atomic E-state index is 0.0180. The lowest BCUT2D eigenvalue weighted by Gasteiger charge is -2.30. The molecular weight excluding hydrogens is 252 g/mol. The van der Waals surface area contributed by atoms with Crippen LogP contribution in [0.1, 0.15) is 38.7 Å². The number of benzene rings is 1. The first-order valence-electron chi connectivity index (χ1n) is 7.37. The van der Waals surface area contributed by atoms with Gasteiger partial charge in [-0.15, -0.1) is 0 Å². The minimum Gasteiger partial charge on any atom is -0.399 e. The summed E-state index contributed by atoms with van der Waals surface area (Å²) in [6, 6.07) is 7.84. The van der Waals surface area contributed by atoms with Gasteiger partial charge in [0.1, 0.15) is 0 Å². The average molecular weight is 278 g/mol. The van der Waals surface area contributed by atoms with Crippen LogP contribution in [-0.2, 0) is 11.2 Å². The number of aryl methyl sites for hydroxylation is 1. The van der Waals surface area contributed by atoms with E-state index >= 15 is 0 Å². The maximum absolute atomic E-state index is 12.3. The van der Waals surface area contributed by atoms with E-state index in [1.54, 1.807) is 0 Å². The third-order valence-electron chi connectivity index (χ3n) is 3.65. The number of anilines is 1. The van der Waals surface area contributed by atoms with E-state index in [1.807, 2.05) is 29.2 Å². The number of amides is 1. The zero-order chi connectivity index (χ0) is 15.0. The number of nitrogens with two attached hydrogens (primary N) is 1. The molecule has 0 unspecified atom stereocenters. The van der Waals surface area contributed by atoms with Gasteiger partial charge >= 0.3 is 0 Å². The van der Waals surface area contributed by atoms with Crippen molar-refractivity contribution in [3.8, 4) is 0 Å². The molecule has 0 spiro atoms. The Labute approximate surface area is 121 Å². The summed E-state index contributed by atoms with van der Waals surface area (Å²) in [4.78, 5) is 14.1. The van der Waals surface area contributed by atoms with Crippen LogP contribution in [0.5, 0.6) is 0 Å². The van der Waals surface area contributed by atoms with E-state index < -0.39 is 0 Å². The summed E-state index contributed by atoms with van der Waals surface area (Å²) < 4.78 is 0. The highest BCUT2D eigenvalue weighted by Crippen LogP contribution is 2.13. The maximum Gasteiger partial charge on any atom is 0.223 e. The zero-order valence-electron chi connectivity index (χ0n) is 12.5. The van der Waals surface area contributed by atoms with Crippen LogP contribution in [0.3, 0.4) is 0 Å². The fourth-order valence-corrected chi connectivity index (χ4v) is 2.43. The summed E-state index contributed by atoms with van der Waals surface area (Å²) in [5, 5.41) is 9.13. The number of hydrogen-bond donors (Lipinski definition) is 2. The van der Waals surface area contributed by atoms with E-state index in [-0.39, 0.29) is 18.6 Å². The van der Waals surface area contributed by atoms with Crippen LogP contribution in [0.2, 0.25) is 0 Å². The number of nitrogen functional groups attached to an aromatic ring is 1. The minimum absolute atomic E-state index is 0.0180. The van der Waals surface area contributed by atoms with Crippen molar-refractivity contribution in [3.05, 3.63) is 29.8 Å². The van der Waals surface area contributed by atoms with Gasteiger partial charge < -0.3 is 15.7 Å². The van der Waals surface area contributed by atoms with Gasteiger partial charge in [0.25, 0.3) is 0 Å². The topological polar surface area (TPSA) is 66.6 Å². The molecule has 0 saturated carbocycles. The van der Waals surface area contributed by atoms with Crippen molar-refractivity contribution in [2.24, 2.45) is 0 Å². The summed E-state index contributed by atoms with van der Waals surface area (Å²) in [6.07, 6.45) is 3.02. The number of nitrogens with zero attached hydrogens (tertiary/aromatic N) is 1. The summed E-state index contributed by atoms with van der Waals surface area (Å²) in [5.74, 6) is 0.115. The predicted molar refractivity (Wildman–Crippen MR) is 82.3 cm³/mol. The molecule has 4 heteroatoms. The van der Waals surface area contributed by atoms with Crippen LogP contribution in [0.15, 0.2) is 24.3 Å². The van der Waals surface area contributed by atoms with Crippen LogP contribution >= 0.6 is 0 Å². The van der Waals surface area contributed by atoms with E-state index in [0.717, 1.165) is 24.1 Å². The summed E-state index contributed by atoms with van der Waals surface area (Å²) in [5.41, 5.74) is 7.49. The smallest absolute Gasteiger partial charge is 0.223 e. The fraction of sp³-hybridized carbons (Fsp3) is 0.562. The summed E-state index contributed by atoms with van der Waals surface area (Å²) >= 11 is 0. The van der Waals surface area contributed by atoms with Crippen LogP contribution in [0.4, 0.5) is 5.69 Å². The number of aliphatic hydroxyl groups excluding tert-OH is 1. The third kappa shape index (κ3) is 4.85. The first-order chi connectivity index (χ1) is 9.62. The number of aliphatic hydroxyl groups is 1. The van der Waals surface area contributed by atoms with E-state index in [2.05, 4.69) is 13.8 Å².